The predicted octanol–water partition coefficient (Wildman–Crippen LogP) is 3.23. The van der Waals surface area contributed by atoms with E-state index in [2.05, 4.69) is 40.0 Å². The number of morpholine rings is 3. The highest BCUT2D eigenvalue weighted by Gasteiger charge is 2.42. The van der Waals surface area contributed by atoms with Crippen molar-refractivity contribution in [3.05, 3.63) is 21.1 Å². The van der Waals surface area contributed by atoms with Crippen LogP contribution in [0.1, 0.15) is 38.5 Å². The van der Waals surface area contributed by atoms with Crippen LogP contribution in [0, 0.1) is 0 Å². The second kappa shape index (κ2) is 12.9. The van der Waals surface area contributed by atoms with Gasteiger partial charge in [-0.25, -0.2) is 0 Å². The molecule has 0 aromatic carbocycles. The van der Waals surface area contributed by atoms with Gasteiger partial charge in [0.25, 0.3) is 0 Å². The standard InChI is InChI=1S/C15H20ClN5O2.C6H11NO.C3Cl3N3/c16-13-17-14(20-9-1-2-10(20)6-22-5-9)19-15(18-13)21-11-3-4-12(21)8-23-7-11;1-2-6-4-8-3-5(1)7-6;4-1-7-2(5)9-3(6)8-1/h9-12H,1-8H2;5-7H,1-4H2;. The van der Waals surface area contributed by atoms with Crippen molar-refractivity contribution >= 4 is 58.3 Å². The van der Waals surface area contributed by atoms with Gasteiger partial charge in [-0.15, -0.1) is 0 Å². The third-order valence-electron chi connectivity index (χ3n) is 8.05. The van der Waals surface area contributed by atoms with Crippen LogP contribution in [-0.2, 0) is 14.2 Å². The highest BCUT2D eigenvalue weighted by Crippen LogP contribution is 2.36. The van der Waals surface area contributed by atoms with Crippen molar-refractivity contribution in [1.29, 1.82) is 0 Å². The summed E-state index contributed by atoms with van der Waals surface area (Å²) in [6, 6.07) is 2.83. The third-order valence-corrected chi connectivity index (χ3v) is 8.73. The van der Waals surface area contributed by atoms with Crippen LogP contribution in [0.5, 0.6) is 0 Å². The molecule has 6 atom stereocenters. The van der Waals surface area contributed by atoms with Gasteiger partial charge in [-0.05, 0) is 84.9 Å². The van der Waals surface area contributed by atoms with E-state index in [0.29, 0.717) is 48.1 Å². The Balaban J connectivity index is 0.000000139. The second-order valence-corrected chi connectivity index (χ2v) is 12.0. The number of nitrogens with one attached hydrogen (secondary N) is 1. The van der Waals surface area contributed by atoms with Crippen LogP contribution in [0.3, 0.4) is 0 Å². The largest absolute Gasteiger partial charge is 0.378 e. The SMILES string of the molecule is C1CC2COCC1N2.Clc1nc(Cl)nc(Cl)n1.Clc1nc(N2C3CCC2COC3)nc(N2C3CCC2COC3)n1. The molecule has 6 fully saturated rings. The molecular weight excluding hydrogens is 604 g/mol. The maximum absolute atomic E-state index is 6.24. The van der Waals surface area contributed by atoms with Gasteiger partial charge in [0, 0.05) is 12.1 Å². The number of aromatic nitrogens is 6. The molecule has 6 bridgehead atoms. The summed E-state index contributed by atoms with van der Waals surface area (Å²) in [5, 5.41) is 3.74. The van der Waals surface area contributed by atoms with Gasteiger partial charge in [-0.2, -0.15) is 29.9 Å². The van der Waals surface area contributed by atoms with Crippen molar-refractivity contribution in [1.82, 2.24) is 35.2 Å². The van der Waals surface area contributed by atoms with E-state index in [4.69, 9.17) is 65.6 Å². The quantitative estimate of drug-likeness (QED) is 0.522. The fraction of sp³-hybridized carbons (Fsp3) is 0.750. The van der Waals surface area contributed by atoms with Crippen molar-refractivity contribution in [3.8, 4) is 0 Å². The van der Waals surface area contributed by atoms with Gasteiger partial charge < -0.3 is 29.3 Å². The number of anilines is 2. The summed E-state index contributed by atoms with van der Waals surface area (Å²) in [5.74, 6) is 1.42. The molecule has 0 radical (unpaired) electrons. The topological polar surface area (TPSA) is 124 Å². The lowest BCUT2D eigenvalue weighted by Crippen LogP contribution is -2.48. The highest BCUT2D eigenvalue weighted by molar-refractivity contribution is 6.33. The van der Waals surface area contributed by atoms with Gasteiger partial charge >= 0.3 is 0 Å². The van der Waals surface area contributed by atoms with Gasteiger partial charge in [0.15, 0.2) is 0 Å². The number of fused-ring (bicyclic) bond motifs is 6. The van der Waals surface area contributed by atoms with E-state index in [0.717, 1.165) is 65.3 Å². The van der Waals surface area contributed by atoms with E-state index in [1.165, 1.54) is 12.8 Å². The first-order valence-corrected chi connectivity index (χ1v) is 15.1. The van der Waals surface area contributed by atoms with Crippen LogP contribution in [-0.4, -0.2) is 106 Å². The first kappa shape index (κ1) is 28.7. The summed E-state index contributed by atoms with van der Waals surface area (Å²) in [4.78, 5) is 28.6. The Morgan fingerprint density at radius 3 is 1.20 bits per heavy atom. The Morgan fingerprint density at radius 1 is 0.475 bits per heavy atom. The first-order valence-electron chi connectivity index (χ1n) is 13.6. The van der Waals surface area contributed by atoms with E-state index in [-0.39, 0.29) is 21.1 Å². The average Bonchev–Trinajstić information content (AvgIpc) is 3.48. The zero-order chi connectivity index (χ0) is 27.6. The highest BCUT2D eigenvalue weighted by atomic mass is 35.5. The zero-order valence-electron chi connectivity index (χ0n) is 21.8. The smallest absolute Gasteiger partial charge is 0.232 e. The Morgan fingerprint density at radius 2 is 0.825 bits per heavy atom. The molecule has 6 saturated heterocycles. The summed E-state index contributed by atoms with van der Waals surface area (Å²) in [7, 11) is 0. The Kier molecular flexibility index (Phi) is 9.24. The molecule has 0 saturated carbocycles. The number of halogens is 4. The van der Waals surface area contributed by atoms with Crippen molar-refractivity contribution in [2.45, 2.75) is 74.8 Å². The number of nitrogens with zero attached hydrogens (tertiary/aromatic N) is 8. The van der Waals surface area contributed by atoms with Crippen molar-refractivity contribution in [2.24, 2.45) is 0 Å². The summed E-state index contributed by atoms with van der Waals surface area (Å²) >= 11 is 22.2. The Hall–Kier alpha value is -1.38. The number of hydrogen-bond donors (Lipinski definition) is 1. The van der Waals surface area contributed by atoms with Gasteiger partial charge in [-0.3, -0.25) is 0 Å². The monoisotopic (exact) mass is 633 g/mol. The molecule has 12 nitrogen and oxygen atoms in total. The van der Waals surface area contributed by atoms with Gasteiger partial charge in [0.2, 0.25) is 33.0 Å². The first-order chi connectivity index (χ1) is 19.4. The van der Waals surface area contributed by atoms with E-state index < -0.39 is 0 Å². The lowest BCUT2D eigenvalue weighted by molar-refractivity contribution is 0.0728. The molecule has 2 aromatic rings. The molecule has 6 aliphatic heterocycles. The average molecular weight is 635 g/mol. The molecular formula is C24H31Cl4N9O3. The zero-order valence-corrected chi connectivity index (χ0v) is 24.8. The molecule has 8 heterocycles. The van der Waals surface area contributed by atoms with Crippen molar-refractivity contribution in [2.75, 3.05) is 49.4 Å². The molecule has 0 amide bonds. The number of hydrogen-bond acceptors (Lipinski definition) is 12. The second-order valence-electron chi connectivity index (χ2n) is 10.7. The Labute approximate surface area is 252 Å². The number of ether oxygens (including phenoxy) is 3. The summed E-state index contributed by atoms with van der Waals surface area (Å²) < 4.78 is 16.6. The molecule has 16 heteroatoms. The van der Waals surface area contributed by atoms with E-state index in [1.54, 1.807) is 0 Å². The molecule has 6 unspecified atom stereocenters. The lowest BCUT2D eigenvalue weighted by Gasteiger charge is -2.37. The molecule has 0 spiro atoms. The molecule has 1 N–H and O–H groups in total. The van der Waals surface area contributed by atoms with Crippen LogP contribution >= 0.6 is 46.4 Å². The molecule has 0 aliphatic carbocycles. The minimum atomic E-state index is 0.000000000000000444. The summed E-state index contributed by atoms with van der Waals surface area (Å²) in [5.41, 5.74) is 0. The predicted molar refractivity (Wildman–Crippen MR) is 151 cm³/mol. The third kappa shape index (κ3) is 6.64. The molecule has 8 rings (SSSR count). The fourth-order valence-corrected chi connectivity index (χ4v) is 7.05. The fourth-order valence-electron chi connectivity index (χ4n) is 6.29. The van der Waals surface area contributed by atoms with Crippen molar-refractivity contribution in [3.63, 3.8) is 0 Å². The van der Waals surface area contributed by atoms with Crippen LogP contribution in [0.25, 0.3) is 0 Å². The minimum Gasteiger partial charge on any atom is -0.378 e. The van der Waals surface area contributed by atoms with E-state index >= 15 is 0 Å². The number of rotatable bonds is 2. The lowest BCUT2D eigenvalue weighted by atomic mass is 10.2. The maximum Gasteiger partial charge on any atom is 0.232 e. The van der Waals surface area contributed by atoms with Crippen LogP contribution in [0.15, 0.2) is 0 Å². The minimum absolute atomic E-state index is 0.000000000000000444. The maximum atomic E-state index is 6.24. The molecule has 6 aliphatic rings. The molecule has 218 valence electrons. The normalized spacial score (nSPS) is 31.8. The van der Waals surface area contributed by atoms with Gasteiger partial charge in [0.05, 0.1) is 63.8 Å². The molecule has 40 heavy (non-hydrogen) atoms. The van der Waals surface area contributed by atoms with E-state index in [1.807, 2.05) is 0 Å². The Bertz CT molecular complexity index is 1040. The van der Waals surface area contributed by atoms with E-state index in [9.17, 15) is 0 Å². The summed E-state index contributed by atoms with van der Waals surface area (Å²) in [6.07, 6.45) is 7.17. The molecule has 2 aromatic heterocycles. The van der Waals surface area contributed by atoms with Crippen LogP contribution < -0.4 is 15.1 Å². The van der Waals surface area contributed by atoms with Gasteiger partial charge in [-0.1, -0.05) is 0 Å². The summed E-state index contributed by atoms with van der Waals surface area (Å²) in [6.45, 7) is 4.87. The van der Waals surface area contributed by atoms with Gasteiger partial charge in [0.1, 0.15) is 0 Å². The van der Waals surface area contributed by atoms with Crippen LogP contribution in [0.4, 0.5) is 11.9 Å². The van der Waals surface area contributed by atoms with Crippen LogP contribution in [0.2, 0.25) is 21.1 Å². The van der Waals surface area contributed by atoms with Crippen molar-refractivity contribution < 1.29 is 14.2 Å².